The standard InChI is InChI=1S/C41H25N3/c1-2-12-28(13-3-1)39-42-40(31-21-22-34-30(24-31)19-18-26-10-4-7-15-32(26)34)44-41(43-39)38-35-17-9-6-14-29(35)25-37-33-16-8-5-11-27(33)20-23-36(37)38/h1-25H. The van der Waals surface area contributed by atoms with E-state index in [1.54, 1.807) is 0 Å². The molecule has 44 heavy (non-hydrogen) atoms. The van der Waals surface area contributed by atoms with Crippen LogP contribution in [0.3, 0.4) is 0 Å². The molecule has 0 radical (unpaired) electrons. The molecule has 1 heterocycles. The summed E-state index contributed by atoms with van der Waals surface area (Å²) in [5.74, 6) is 1.99. The van der Waals surface area contributed by atoms with E-state index in [-0.39, 0.29) is 0 Å². The van der Waals surface area contributed by atoms with Gasteiger partial charge in [0.05, 0.1) is 0 Å². The van der Waals surface area contributed by atoms with Gasteiger partial charge in [0, 0.05) is 16.7 Å². The molecule has 0 unspecified atom stereocenters. The number of fused-ring (bicyclic) bond motifs is 7. The predicted molar refractivity (Wildman–Crippen MR) is 184 cm³/mol. The third-order valence-electron chi connectivity index (χ3n) is 8.66. The molecule has 0 saturated carbocycles. The van der Waals surface area contributed by atoms with E-state index in [0.717, 1.165) is 38.2 Å². The molecule has 0 spiro atoms. The lowest BCUT2D eigenvalue weighted by Gasteiger charge is -2.15. The average molecular weight is 560 g/mol. The molecule has 9 aromatic rings. The van der Waals surface area contributed by atoms with Gasteiger partial charge in [0.1, 0.15) is 0 Å². The van der Waals surface area contributed by atoms with Gasteiger partial charge in [-0.3, -0.25) is 0 Å². The van der Waals surface area contributed by atoms with Crippen LogP contribution < -0.4 is 0 Å². The third-order valence-corrected chi connectivity index (χ3v) is 8.66. The predicted octanol–water partition coefficient (Wildman–Crippen LogP) is 10.6. The fourth-order valence-electron chi connectivity index (χ4n) is 6.55. The highest BCUT2D eigenvalue weighted by molar-refractivity contribution is 6.19. The first-order valence-electron chi connectivity index (χ1n) is 14.9. The van der Waals surface area contributed by atoms with Gasteiger partial charge >= 0.3 is 0 Å². The van der Waals surface area contributed by atoms with E-state index in [1.807, 2.05) is 18.2 Å². The lowest BCUT2D eigenvalue weighted by atomic mass is 9.93. The summed E-state index contributed by atoms with van der Waals surface area (Å²) in [6.07, 6.45) is 0. The molecule has 8 aromatic carbocycles. The van der Waals surface area contributed by atoms with Crippen molar-refractivity contribution in [1.29, 1.82) is 0 Å². The van der Waals surface area contributed by atoms with E-state index in [9.17, 15) is 0 Å². The molecule has 0 saturated heterocycles. The third kappa shape index (κ3) is 3.94. The summed E-state index contributed by atoms with van der Waals surface area (Å²) in [5, 5.41) is 11.9. The van der Waals surface area contributed by atoms with Crippen molar-refractivity contribution < 1.29 is 0 Å². The zero-order valence-electron chi connectivity index (χ0n) is 23.8. The van der Waals surface area contributed by atoms with Crippen LogP contribution in [-0.4, -0.2) is 15.0 Å². The van der Waals surface area contributed by atoms with Crippen molar-refractivity contribution in [3.8, 4) is 34.2 Å². The summed E-state index contributed by atoms with van der Waals surface area (Å²) in [6, 6.07) is 53.4. The van der Waals surface area contributed by atoms with Crippen LogP contribution in [0.5, 0.6) is 0 Å². The molecule has 0 aliphatic rings. The molecule has 0 bridgehead atoms. The van der Waals surface area contributed by atoms with E-state index < -0.39 is 0 Å². The minimum absolute atomic E-state index is 0.658. The van der Waals surface area contributed by atoms with Crippen LogP contribution in [0.15, 0.2) is 152 Å². The summed E-state index contributed by atoms with van der Waals surface area (Å²) < 4.78 is 0. The molecule has 0 atom stereocenters. The number of nitrogens with zero attached hydrogens (tertiary/aromatic N) is 3. The maximum absolute atomic E-state index is 5.23. The molecule has 0 amide bonds. The van der Waals surface area contributed by atoms with Crippen LogP contribution in [0, 0.1) is 0 Å². The molecule has 9 rings (SSSR count). The van der Waals surface area contributed by atoms with Gasteiger partial charge in [-0.15, -0.1) is 0 Å². The maximum Gasteiger partial charge on any atom is 0.165 e. The smallest absolute Gasteiger partial charge is 0.165 e. The Balaban J connectivity index is 1.35. The first kappa shape index (κ1) is 24.6. The van der Waals surface area contributed by atoms with Gasteiger partial charge in [0.2, 0.25) is 0 Å². The first-order chi connectivity index (χ1) is 21.8. The van der Waals surface area contributed by atoms with Gasteiger partial charge in [-0.05, 0) is 66.0 Å². The molecular formula is C41H25N3. The van der Waals surface area contributed by atoms with Gasteiger partial charge in [-0.2, -0.15) is 0 Å². The Hall–Kier alpha value is -5.93. The molecule has 0 N–H and O–H groups in total. The zero-order valence-corrected chi connectivity index (χ0v) is 23.8. The van der Waals surface area contributed by atoms with Crippen molar-refractivity contribution in [2.75, 3.05) is 0 Å². The SMILES string of the molecule is c1ccc(-c2nc(-c3ccc4c(ccc5ccccc54)c3)nc(-c3c4ccccc4cc4c3ccc3ccccc34)n2)cc1. The average Bonchev–Trinajstić information content (AvgIpc) is 3.10. The Kier molecular flexibility index (Phi) is 5.50. The van der Waals surface area contributed by atoms with E-state index >= 15 is 0 Å². The van der Waals surface area contributed by atoms with Crippen molar-refractivity contribution in [2.45, 2.75) is 0 Å². The Bertz CT molecular complexity index is 2550. The highest BCUT2D eigenvalue weighted by Crippen LogP contribution is 2.39. The maximum atomic E-state index is 5.23. The van der Waals surface area contributed by atoms with Crippen molar-refractivity contribution in [3.63, 3.8) is 0 Å². The van der Waals surface area contributed by atoms with Crippen LogP contribution in [0.1, 0.15) is 0 Å². The second-order valence-corrected chi connectivity index (χ2v) is 11.2. The molecule has 1 aromatic heterocycles. The summed E-state index contributed by atoms with van der Waals surface area (Å²) in [5.41, 5.74) is 2.94. The van der Waals surface area contributed by atoms with E-state index in [1.165, 1.54) is 32.3 Å². The van der Waals surface area contributed by atoms with Crippen LogP contribution in [0.4, 0.5) is 0 Å². The lowest BCUT2D eigenvalue weighted by molar-refractivity contribution is 1.08. The number of hydrogen-bond acceptors (Lipinski definition) is 3. The zero-order chi connectivity index (χ0) is 29.0. The normalized spacial score (nSPS) is 11.6. The summed E-state index contributed by atoms with van der Waals surface area (Å²) in [6.45, 7) is 0. The van der Waals surface area contributed by atoms with Gasteiger partial charge in [0.15, 0.2) is 17.5 Å². The van der Waals surface area contributed by atoms with Crippen molar-refractivity contribution in [1.82, 2.24) is 15.0 Å². The molecule has 204 valence electrons. The van der Waals surface area contributed by atoms with E-state index in [0.29, 0.717) is 17.5 Å². The Morgan fingerprint density at radius 1 is 0.273 bits per heavy atom. The molecule has 3 nitrogen and oxygen atoms in total. The Morgan fingerprint density at radius 2 is 0.773 bits per heavy atom. The molecule has 0 aliphatic carbocycles. The van der Waals surface area contributed by atoms with E-state index in [2.05, 4.69) is 133 Å². The number of hydrogen-bond donors (Lipinski definition) is 0. The fraction of sp³-hybridized carbons (Fsp3) is 0. The van der Waals surface area contributed by atoms with Crippen LogP contribution in [-0.2, 0) is 0 Å². The number of aromatic nitrogens is 3. The summed E-state index contributed by atoms with van der Waals surface area (Å²) >= 11 is 0. The molecular weight excluding hydrogens is 534 g/mol. The van der Waals surface area contributed by atoms with Crippen LogP contribution >= 0.6 is 0 Å². The molecule has 0 fully saturated rings. The van der Waals surface area contributed by atoms with Gasteiger partial charge in [-0.25, -0.2) is 15.0 Å². The van der Waals surface area contributed by atoms with Crippen LogP contribution in [0.25, 0.3) is 88.0 Å². The van der Waals surface area contributed by atoms with Crippen molar-refractivity contribution >= 4 is 53.9 Å². The quantitative estimate of drug-likeness (QED) is 0.160. The summed E-state index contributed by atoms with van der Waals surface area (Å²) in [4.78, 5) is 15.4. The monoisotopic (exact) mass is 559 g/mol. The first-order valence-corrected chi connectivity index (χ1v) is 14.9. The van der Waals surface area contributed by atoms with Gasteiger partial charge < -0.3 is 0 Å². The Morgan fingerprint density at radius 3 is 1.55 bits per heavy atom. The number of benzene rings is 8. The topological polar surface area (TPSA) is 38.7 Å². The second kappa shape index (κ2) is 9.82. The fourth-order valence-corrected chi connectivity index (χ4v) is 6.55. The minimum atomic E-state index is 0.658. The van der Waals surface area contributed by atoms with Gasteiger partial charge in [-0.1, -0.05) is 140 Å². The lowest BCUT2D eigenvalue weighted by Crippen LogP contribution is -2.01. The van der Waals surface area contributed by atoms with Gasteiger partial charge in [0.25, 0.3) is 0 Å². The molecule has 0 aliphatic heterocycles. The summed E-state index contributed by atoms with van der Waals surface area (Å²) in [7, 11) is 0. The van der Waals surface area contributed by atoms with E-state index in [4.69, 9.17) is 15.0 Å². The highest BCUT2D eigenvalue weighted by Gasteiger charge is 2.18. The largest absolute Gasteiger partial charge is 0.208 e. The van der Waals surface area contributed by atoms with Crippen LogP contribution in [0.2, 0.25) is 0 Å². The highest BCUT2D eigenvalue weighted by atomic mass is 15.0. The van der Waals surface area contributed by atoms with Crippen molar-refractivity contribution in [2.24, 2.45) is 0 Å². The minimum Gasteiger partial charge on any atom is -0.208 e. The second-order valence-electron chi connectivity index (χ2n) is 11.2. The molecule has 3 heteroatoms. The Labute approximate surface area is 254 Å². The van der Waals surface area contributed by atoms with Crippen molar-refractivity contribution in [3.05, 3.63) is 152 Å². The number of rotatable bonds is 3.